The molecular weight excluding hydrogens is 148 g/mol. The van der Waals surface area contributed by atoms with Crippen molar-refractivity contribution >= 4 is 11.8 Å². The highest BCUT2D eigenvalue weighted by atomic mass is 16.5. The summed E-state index contributed by atoms with van der Waals surface area (Å²) in [6.07, 6.45) is 1.06. The van der Waals surface area contributed by atoms with Gasteiger partial charge in [0.25, 0.3) is 0 Å². The Bertz CT molecular complexity index is 193. The maximum atomic E-state index is 10.8. The second-order valence-electron chi connectivity index (χ2n) is 1.81. The average Bonchev–Trinajstić information content (AvgIpc) is 1.98. The molecule has 0 saturated heterocycles. The van der Waals surface area contributed by atoms with Crippen molar-refractivity contribution in [3.05, 3.63) is 11.8 Å². The summed E-state index contributed by atoms with van der Waals surface area (Å²) in [5.74, 6) is -1.06. The lowest BCUT2D eigenvalue weighted by Crippen LogP contribution is -2.11. The largest absolute Gasteiger partial charge is 0.503 e. The number of hydrogen-bond acceptors (Lipinski definition) is 4. The topological polar surface area (TPSA) is 52.6 Å². The number of esters is 1. The van der Waals surface area contributed by atoms with Crippen molar-refractivity contribution in [3.63, 3.8) is 0 Å². The zero-order valence-electron chi connectivity index (χ0n) is 6.71. The summed E-state index contributed by atoms with van der Waals surface area (Å²) in [5, 5.41) is 0. The molecule has 4 nitrogen and oxygen atoms in total. The smallest absolute Gasteiger partial charge is 0.344 e. The third-order valence-corrected chi connectivity index (χ3v) is 1.02. The number of carbonyl (C=O) groups excluding carboxylic acids is 2. The third kappa shape index (κ3) is 2.84. The van der Waals surface area contributed by atoms with Crippen LogP contribution in [0.5, 0.6) is 0 Å². The highest BCUT2D eigenvalue weighted by Gasteiger charge is 2.14. The number of rotatable bonds is 3. The molecule has 0 aliphatic heterocycles. The van der Waals surface area contributed by atoms with Gasteiger partial charge in [-0.05, 0) is 6.92 Å². The predicted molar refractivity (Wildman–Crippen MR) is 37.8 cm³/mol. The van der Waals surface area contributed by atoms with E-state index in [4.69, 9.17) is 0 Å². The Hall–Kier alpha value is -1.32. The van der Waals surface area contributed by atoms with Crippen molar-refractivity contribution in [2.45, 2.75) is 6.92 Å². The van der Waals surface area contributed by atoms with Gasteiger partial charge < -0.3 is 9.47 Å². The van der Waals surface area contributed by atoms with Gasteiger partial charge in [0.15, 0.2) is 5.78 Å². The van der Waals surface area contributed by atoms with Gasteiger partial charge in [-0.2, -0.15) is 0 Å². The first-order chi connectivity index (χ1) is 5.13. The normalized spacial score (nSPS) is 10.6. The number of ketones is 1. The minimum Gasteiger partial charge on any atom is -0.503 e. The summed E-state index contributed by atoms with van der Waals surface area (Å²) in [5.41, 5.74) is -0.0880. The van der Waals surface area contributed by atoms with Gasteiger partial charge in [0.2, 0.25) is 0 Å². The van der Waals surface area contributed by atoms with E-state index in [0.717, 1.165) is 6.26 Å². The van der Waals surface area contributed by atoms with Crippen LogP contribution >= 0.6 is 0 Å². The zero-order chi connectivity index (χ0) is 8.85. The van der Waals surface area contributed by atoms with Crippen molar-refractivity contribution in [1.29, 1.82) is 0 Å². The molecule has 0 aromatic rings. The van der Waals surface area contributed by atoms with E-state index in [2.05, 4.69) is 9.47 Å². The molecule has 0 spiro atoms. The van der Waals surface area contributed by atoms with E-state index in [1.165, 1.54) is 21.1 Å². The molecule has 0 bridgehead atoms. The van der Waals surface area contributed by atoms with Gasteiger partial charge in [0, 0.05) is 0 Å². The quantitative estimate of drug-likeness (QED) is 0.194. The summed E-state index contributed by atoms with van der Waals surface area (Å²) >= 11 is 0. The van der Waals surface area contributed by atoms with Crippen LogP contribution in [0.1, 0.15) is 6.92 Å². The van der Waals surface area contributed by atoms with Crippen molar-refractivity contribution in [2.75, 3.05) is 14.2 Å². The number of Topliss-reactive ketones (excluding diaryl/α,β-unsaturated/α-hetero) is 1. The maximum absolute atomic E-state index is 10.8. The van der Waals surface area contributed by atoms with E-state index < -0.39 is 5.97 Å². The molecule has 4 heteroatoms. The minimum atomic E-state index is -0.681. The second-order valence-corrected chi connectivity index (χ2v) is 1.81. The monoisotopic (exact) mass is 158 g/mol. The maximum Gasteiger partial charge on any atom is 0.344 e. The average molecular weight is 158 g/mol. The summed E-state index contributed by atoms with van der Waals surface area (Å²) < 4.78 is 8.82. The molecule has 0 aromatic heterocycles. The molecule has 0 rings (SSSR count). The second kappa shape index (κ2) is 4.49. The van der Waals surface area contributed by atoms with E-state index >= 15 is 0 Å². The van der Waals surface area contributed by atoms with Crippen LogP contribution in [0.2, 0.25) is 0 Å². The van der Waals surface area contributed by atoms with Crippen LogP contribution in [-0.2, 0) is 19.1 Å². The lowest BCUT2D eigenvalue weighted by Gasteiger charge is -1.99. The summed E-state index contributed by atoms with van der Waals surface area (Å²) in [4.78, 5) is 21.4. The lowest BCUT2D eigenvalue weighted by atomic mass is 10.2. The van der Waals surface area contributed by atoms with Gasteiger partial charge in [-0.1, -0.05) is 0 Å². The van der Waals surface area contributed by atoms with Crippen molar-refractivity contribution in [1.82, 2.24) is 0 Å². The lowest BCUT2D eigenvalue weighted by molar-refractivity contribution is -0.137. The Balaban J connectivity index is 4.48. The number of hydrogen-bond donors (Lipinski definition) is 0. The molecule has 0 fully saturated rings. The molecule has 0 aromatic carbocycles. The highest BCUT2D eigenvalue weighted by molar-refractivity contribution is 6.16. The van der Waals surface area contributed by atoms with Gasteiger partial charge >= 0.3 is 5.97 Å². The molecule has 0 saturated carbocycles. The van der Waals surface area contributed by atoms with E-state index in [0.29, 0.717) is 0 Å². The Kier molecular flexibility index (Phi) is 3.95. The van der Waals surface area contributed by atoms with Crippen molar-refractivity contribution in [2.24, 2.45) is 0 Å². The van der Waals surface area contributed by atoms with Gasteiger partial charge in [-0.15, -0.1) is 0 Å². The Labute approximate surface area is 64.8 Å². The van der Waals surface area contributed by atoms with Crippen LogP contribution in [0.3, 0.4) is 0 Å². The molecule has 62 valence electrons. The summed E-state index contributed by atoms with van der Waals surface area (Å²) in [7, 11) is 2.56. The predicted octanol–water partition coefficient (Wildman–Crippen LogP) is 0.279. The first-order valence-electron chi connectivity index (χ1n) is 2.95. The molecule has 0 radical (unpaired) electrons. The minimum absolute atomic E-state index is 0.0880. The molecular formula is C7H10O4. The van der Waals surface area contributed by atoms with Crippen LogP contribution in [0.25, 0.3) is 0 Å². The summed E-state index contributed by atoms with van der Waals surface area (Å²) in [6.45, 7) is 1.27. The first kappa shape index (κ1) is 9.68. The molecule has 0 aliphatic rings. The zero-order valence-corrected chi connectivity index (χ0v) is 6.71. The fourth-order valence-electron chi connectivity index (χ4n) is 0.503. The fraction of sp³-hybridized carbons (Fsp3) is 0.429. The molecule has 11 heavy (non-hydrogen) atoms. The Morgan fingerprint density at radius 1 is 1.27 bits per heavy atom. The van der Waals surface area contributed by atoms with E-state index in [-0.39, 0.29) is 11.4 Å². The van der Waals surface area contributed by atoms with Crippen LogP contribution < -0.4 is 0 Å². The molecule has 0 amide bonds. The highest BCUT2D eigenvalue weighted by Crippen LogP contribution is 1.98. The first-order valence-corrected chi connectivity index (χ1v) is 2.95. The van der Waals surface area contributed by atoms with Gasteiger partial charge in [0.05, 0.1) is 14.2 Å². The van der Waals surface area contributed by atoms with E-state index in [9.17, 15) is 9.59 Å². The standard InChI is InChI=1S/C7H10O4/c1-5(8)6(4-10-2)7(9)11-3/h4H,1-3H3/b6-4+. The van der Waals surface area contributed by atoms with Gasteiger partial charge in [0.1, 0.15) is 11.8 Å². The Morgan fingerprint density at radius 3 is 2.09 bits per heavy atom. The van der Waals surface area contributed by atoms with Crippen LogP contribution in [0, 0.1) is 0 Å². The molecule has 0 heterocycles. The molecule has 0 aliphatic carbocycles. The summed E-state index contributed by atoms with van der Waals surface area (Å²) in [6, 6.07) is 0. The SMILES string of the molecule is CO/C=C(\C(C)=O)C(=O)OC. The molecule has 0 atom stereocenters. The van der Waals surface area contributed by atoms with Crippen molar-refractivity contribution in [3.8, 4) is 0 Å². The van der Waals surface area contributed by atoms with E-state index in [1.54, 1.807) is 0 Å². The van der Waals surface area contributed by atoms with Crippen LogP contribution in [0.15, 0.2) is 11.8 Å². The van der Waals surface area contributed by atoms with Crippen LogP contribution in [-0.4, -0.2) is 26.0 Å². The molecule has 0 N–H and O–H groups in total. The number of carbonyl (C=O) groups is 2. The van der Waals surface area contributed by atoms with Crippen LogP contribution in [0.4, 0.5) is 0 Å². The van der Waals surface area contributed by atoms with Gasteiger partial charge in [-0.3, -0.25) is 4.79 Å². The van der Waals surface area contributed by atoms with Crippen molar-refractivity contribution < 1.29 is 19.1 Å². The molecule has 0 unspecified atom stereocenters. The Morgan fingerprint density at radius 2 is 1.82 bits per heavy atom. The fourth-order valence-corrected chi connectivity index (χ4v) is 0.503. The van der Waals surface area contributed by atoms with Gasteiger partial charge in [-0.25, -0.2) is 4.79 Å². The van der Waals surface area contributed by atoms with E-state index in [1.807, 2.05) is 0 Å². The number of methoxy groups -OCH3 is 2. The number of ether oxygens (including phenoxy) is 2. The third-order valence-electron chi connectivity index (χ3n) is 1.02.